The van der Waals surface area contributed by atoms with E-state index in [-0.39, 0.29) is 41.4 Å². The highest BCUT2D eigenvalue weighted by Crippen LogP contribution is 2.29. The van der Waals surface area contributed by atoms with Crippen LogP contribution in [0.15, 0.2) is 29.2 Å². The molecule has 1 saturated heterocycles. The second-order valence-electron chi connectivity index (χ2n) is 8.96. The van der Waals surface area contributed by atoms with Gasteiger partial charge in [-0.1, -0.05) is 32.8 Å². The Morgan fingerprint density at radius 1 is 1.09 bits per heavy atom. The zero-order valence-corrected chi connectivity index (χ0v) is 20.3. The van der Waals surface area contributed by atoms with Gasteiger partial charge in [-0.05, 0) is 36.5 Å². The van der Waals surface area contributed by atoms with Crippen molar-refractivity contribution in [1.82, 2.24) is 14.5 Å². The van der Waals surface area contributed by atoms with Gasteiger partial charge in [0.25, 0.3) is 5.91 Å². The molecule has 0 bridgehead atoms. The fraction of sp³-hybridized carbons (Fsp3) is 0.609. The predicted octanol–water partition coefficient (Wildman–Crippen LogP) is 1.64. The van der Waals surface area contributed by atoms with Gasteiger partial charge in [0, 0.05) is 39.1 Å². The lowest BCUT2D eigenvalue weighted by atomic mass is 9.78. The molecule has 2 fully saturated rings. The zero-order chi connectivity index (χ0) is 24.2. The molecule has 3 unspecified atom stereocenters. The lowest BCUT2D eigenvalue weighted by Crippen LogP contribution is -2.49. The van der Waals surface area contributed by atoms with Crippen molar-refractivity contribution in [2.45, 2.75) is 51.0 Å². The molecular formula is C23H33N3O6S. The lowest BCUT2D eigenvalue weighted by Gasteiger charge is -2.34. The molecule has 182 valence electrons. The molecule has 1 aliphatic carbocycles. The Labute approximate surface area is 195 Å². The average Bonchev–Trinajstić information content (AvgIpc) is 2.80. The van der Waals surface area contributed by atoms with E-state index >= 15 is 0 Å². The van der Waals surface area contributed by atoms with E-state index in [2.05, 4.69) is 19.2 Å². The van der Waals surface area contributed by atoms with Crippen molar-refractivity contribution in [2.24, 2.45) is 11.8 Å². The molecule has 9 nitrogen and oxygen atoms in total. The fourth-order valence-electron chi connectivity index (χ4n) is 4.42. The summed E-state index contributed by atoms with van der Waals surface area (Å²) in [6.07, 6.45) is 3.11. The number of nitrogens with zero attached hydrogens (tertiary/aromatic N) is 2. The highest BCUT2D eigenvalue weighted by molar-refractivity contribution is 7.89. The zero-order valence-electron chi connectivity index (χ0n) is 19.5. The third-order valence-corrected chi connectivity index (χ3v) is 8.67. The first-order valence-corrected chi connectivity index (χ1v) is 12.9. The average molecular weight is 480 g/mol. The van der Waals surface area contributed by atoms with Gasteiger partial charge >= 0.3 is 5.97 Å². The second-order valence-corrected chi connectivity index (χ2v) is 10.9. The van der Waals surface area contributed by atoms with E-state index in [0.29, 0.717) is 24.9 Å². The van der Waals surface area contributed by atoms with E-state index in [4.69, 9.17) is 4.74 Å². The van der Waals surface area contributed by atoms with Crippen molar-refractivity contribution in [3.63, 3.8) is 0 Å². The summed E-state index contributed by atoms with van der Waals surface area (Å²) in [5.74, 6) is -0.317. The molecule has 10 heteroatoms. The topological polar surface area (TPSA) is 113 Å². The number of carbonyl (C=O) groups is 3. The van der Waals surface area contributed by atoms with Crippen molar-refractivity contribution in [3.05, 3.63) is 29.8 Å². The van der Waals surface area contributed by atoms with Gasteiger partial charge in [0.2, 0.25) is 15.9 Å². The number of rotatable bonds is 6. The van der Waals surface area contributed by atoms with Crippen molar-refractivity contribution < 1.29 is 27.5 Å². The summed E-state index contributed by atoms with van der Waals surface area (Å²) in [6.45, 7) is 6.35. The summed E-state index contributed by atoms with van der Waals surface area (Å²) in [6, 6.07) is 5.68. The molecule has 1 heterocycles. The van der Waals surface area contributed by atoms with Gasteiger partial charge in [0.1, 0.15) is 0 Å². The van der Waals surface area contributed by atoms with E-state index in [0.717, 1.165) is 19.3 Å². The maximum Gasteiger partial charge on any atom is 0.338 e. The van der Waals surface area contributed by atoms with Crippen molar-refractivity contribution in [2.75, 3.05) is 32.8 Å². The SMILES string of the molecule is CC(=O)N1CCN(S(=O)(=O)c2cccc(C(=O)OCC(=O)NC3CCCC(C)C3C)c2)CC1. The van der Waals surface area contributed by atoms with Crippen LogP contribution in [0.1, 0.15) is 50.4 Å². The summed E-state index contributed by atoms with van der Waals surface area (Å²) in [4.78, 5) is 37.8. The van der Waals surface area contributed by atoms with Gasteiger partial charge in [-0.15, -0.1) is 0 Å². The van der Waals surface area contributed by atoms with Crippen LogP contribution in [0, 0.1) is 11.8 Å². The number of nitrogens with one attached hydrogen (secondary N) is 1. The number of esters is 1. The molecule has 1 aromatic carbocycles. The highest BCUT2D eigenvalue weighted by Gasteiger charge is 2.30. The Hall–Kier alpha value is -2.46. The molecule has 0 radical (unpaired) electrons. The monoisotopic (exact) mass is 479 g/mol. The molecule has 33 heavy (non-hydrogen) atoms. The van der Waals surface area contributed by atoms with Crippen LogP contribution in [0.2, 0.25) is 0 Å². The van der Waals surface area contributed by atoms with Gasteiger partial charge in [0.15, 0.2) is 6.61 Å². The number of carbonyl (C=O) groups excluding carboxylic acids is 3. The van der Waals surface area contributed by atoms with Crippen LogP contribution < -0.4 is 5.32 Å². The highest BCUT2D eigenvalue weighted by atomic mass is 32.2. The molecule has 1 aliphatic heterocycles. The Morgan fingerprint density at radius 3 is 2.45 bits per heavy atom. The third kappa shape index (κ3) is 6.11. The molecule has 1 aromatic rings. The van der Waals surface area contributed by atoms with Gasteiger partial charge in [-0.3, -0.25) is 9.59 Å². The van der Waals surface area contributed by atoms with Crippen molar-refractivity contribution in [1.29, 1.82) is 0 Å². The molecule has 2 amide bonds. The number of amides is 2. The van der Waals surface area contributed by atoms with Crippen LogP contribution >= 0.6 is 0 Å². The van der Waals surface area contributed by atoms with Crippen LogP contribution in [-0.4, -0.2) is 74.2 Å². The smallest absolute Gasteiger partial charge is 0.338 e. The minimum absolute atomic E-state index is 0.0253. The van der Waals surface area contributed by atoms with Gasteiger partial charge in [0.05, 0.1) is 10.5 Å². The van der Waals surface area contributed by atoms with Crippen LogP contribution in [-0.2, 0) is 24.3 Å². The standard InChI is InChI=1S/C23H33N3O6S/c1-16-6-4-9-21(17(16)2)24-22(28)15-32-23(29)19-7-5-8-20(14-19)33(30,31)26-12-10-25(11-13-26)18(3)27/h5,7-8,14,16-17,21H,4,6,9-13,15H2,1-3H3,(H,24,28). The van der Waals surface area contributed by atoms with E-state index in [1.165, 1.54) is 35.5 Å². The molecule has 0 aromatic heterocycles. The number of hydrogen-bond acceptors (Lipinski definition) is 6. The summed E-state index contributed by atoms with van der Waals surface area (Å²) in [5.41, 5.74) is 0.0610. The minimum Gasteiger partial charge on any atom is -0.452 e. The second kappa shape index (κ2) is 10.6. The number of sulfonamides is 1. The Morgan fingerprint density at radius 2 is 1.79 bits per heavy atom. The van der Waals surface area contributed by atoms with E-state index < -0.39 is 22.6 Å². The summed E-state index contributed by atoms with van der Waals surface area (Å²) in [5, 5.41) is 2.95. The third-order valence-electron chi connectivity index (χ3n) is 6.78. The Kier molecular flexibility index (Phi) is 8.12. The molecule has 1 N–H and O–H groups in total. The van der Waals surface area contributed by atoms with E-state index in [1.54, 1.807) is 4.90 Å². The largest absolute Gasteiger partial charge is 0.452 e. The molecule has 3 atom stereocenters. The van der Waals surface area contributed by atoms with E-state index in [1.807, 2.05) is 0 Å². The van der Waals surface area contributed by atoms with Gasteiger partial charge in [-0.25, -0.2) is 13.2 Å². The summed E-state index contributed by atoms with van der Waals surface area (Å²) < 4.78 is 32.4. The van der Waals surface area contributed by atoms with E-state index in [9.17, 15) is 22.8 Å². The van der Waals surface area contributed by atoms with Crippen molar-refractivity contribution in [3.8, 4) is 0 Å². The fourth-order valence-corrected chi connectivity index (χ4v) is 5.89. The molecule has 0 spiro atoms. The quantitative estimate of drug-likeness (QED) is 0.621. The van der Waals surface area contributed by atoms with Crippen molar-refractivity contribution >= 4 is 27.8 Å². The van der Waals surface area contributed by atoms with Gasteiger partial charge in [-0.2, -0.15) is 4.31 Å². The Balaban J connectivity index is 1.58. The first kappa shape index (κ1) is 25.2. The number of piperazine rings is 1. The first-order valence-electron chi connectivity index (χ1n) is 11.4. The van der Waals surface area contributed by atoms with Gasteiger partial charge < -0.3 is 15.0 Å². The minimum atomic E-state index is -3.82. The van der Waals surface area contributed by atoms with Crippen LogP contribution in [0.3, 0.4) is 0 Å². The number of hydrogen-bond donors (Lipinski definition) is 1. The van der Waals surface area contributed by atoms with Crippen LogP contribution in [0.5, 0.6) is 0 Å². The molecular weight excluding hydrogens is 446 g/mol. The first-order chi connectivity index (χ1) is 15.6. The number of ether oxygens (including phenoxy) is 1. The molecule has 1 saturated carbocycles. The van der Waals surface area contributed by atoms with Crippen LogP contribution in [0.25, 0.3) is 0 Å². The molecule has 3 rings (SSSR count). The number of benzene rings is 1. The van der Waals surface area contributed by atoms with Crippen LogP contribution in [0.4, 0.5) is 0 Å². The summed E-state index contributed by atoms with van der Waals surface area (Å²) >= 11 is 0. The maximum absolute atomic E-state index is 13.0. The predicted molar refractivity (Wildman–Crippen MR) is 122 cm³/mol. The Bertz CT molecular complexity index is 988. The summed E-state index contributed by atoms with van der Waals surface area (Å²) in [7, 11) is -3.82. The lowest BCUT2D eigenvalue weighted by molar-refractivity contribution is -0.130. The maximum atomic E-state index is 13.0. The normalized spacial score (nSPS) is 24.2. The molecule has 2 aliphatic rings.